The summed E-state index contributed by atoms with van der Waals surface area (Å²) in [6, 6.07) is 25.0. The first kappa shape index (κ1) is 18.4. The Morgan fingerprint density at radius 3 is 2.33 bits per heavy atom. The summed E-state index contributed by atoms with van der Waals surface area (Å²) in [4.78, 5) is 12.6. The van der Waals surface area contributed by atoms with Gasteiger partial charge in [-0.2, -0.15) is 5.10 Å². The van der Waals surface area contributed by atoms with Crippen molar-refractivity contribution in [1.29, 1.82) is 0 Å². The Kier molecular flexibility index (Phi) is 6.00. The number of nitrogens with one attached hydrogen (secondary N) is 1. The highest BCUT2D eigenvalue weighted by Gasteiger charge is 2.12. The Bertz CT molecular complexity index is 932. The SMILES string of the molecule is C/C(=N\NC(=O)c1ccccc1OCc1ccccc1)c1ccc(C)cc1. The van der Waals surface area contributed by atoms with Crippen LogP contribution in [0.2, 0.25) is 0 Å². The van der Waals surface area contributed by atoms with Crippen molar-refractivity contribution >= 4 is 11.6 Å². The van der Waals surface area contributed by atoms with Crippen molar-refractivity contribution in [3.63, 3.8) is 0 Å². The van der Waals surface area contributed by atoms with Crippen LogP contribution in [-0.4, -0.2) is 11.6 Å². The summed E-state index contributed by atoms with van der Waals surface area (Å²) in [5, 5.41) is 4.22. The van der Waals surface area contributed by atoms with Gasteiger partial charge in [0.2, 0.25) is 0 Å². The van der Waals surface area contributed by atoms with Crippen LogP contribution in [0.25, 0.3) is 0 Å². The van der Waals surface area contributed by atoms with Crippen molar-refractivity contribution < 1.29 is 9.53 Å². The third-order valence-electron chi connectivity index (χ3n) is 4.16. The molecule has 0 aliphatic heterocycles. The number of carbonyl (C=O) groups excluding carboxylic acids is 1. The lowest BCUT2D eigenvalue weighted by Gasteiger charge is -2.11. The van der Waals surface area contributed by atoms with Crippen molar-refractivity contribution in [3.05, 3.63) is 101 Å². The summed E-state index contributed by atoms with van der Waals surface area (Å²) in [7, 11) is 0. The van der Waals surface area contributed by atoms with E-state index in [1.807, 2.05) is 74.5 Å². The second-order valence-corrected chi connectivity index (χ2v) is 6.27. The lowest BCUT2D eigenvalue weighted by molar-refractivity contribution is 0.0950. The molecule has 0 aliphatic carbocycles. The van der Waals surface area contributed by atoms with Gasteiger partial charge in [0, 0.05) is 0 Å². The quantitative estimate of drug-likeness (QED) is 0.512. The molecule has 27 heavy (non-hydrogen) atoms. The van der Waals surface area contributed by atoms with E-state index in [2.05, 4.69) is 10.5 Å². The maximum atomic E-state index is 12.6. The number of hydrazone groups is 1. The number of nitrogens with zero attached hydrogens (tertiary/aromatic N) is 1. The van der Waals surface area contributed by atoms with Crippen LogP contribution in [0.15, 0.2) is 84.0 Å². The molecule has 0 spiro atoms. The van der Waals surface area contributed by atoms with Crippen LogP contribution in [-0.2, 0) is 6.61 Å². The minimum absolute atomic E-state index is 0.301. The number of hydrogen-bond acceptors (Lipinski definition) is 3. The molecule has 3 aromatic carbocycles. The van der Waals surface area contributed by atoms with E-state index in [4.69, 9.17) is 4.74 Å². The summed E-state index contributed by atoms with van der Waals surface area (Å²) in [6.45, 7) is 4.30. The van der Waals surface area contributed by atoms with E-state index in [1.165, 1.54) is 5.56 Å². The van der Waals surface area contributed by atoms with Crippen LogP contribution >= 0.6 is 0 Å². The molecule has 0 unspecified atom stereocenters. The molecule has 3 aromatic rings. The summed E-state index contributed by atoms with van der Waals surface area (Å²) < 4.78 is 5.84. The minimum atomic E-state index is -0.301. The van der Waals surface area contributed by atoms with Gasteiger partial charge in [0.05, 0.1) is 11.3 Å². The van der Waals surface area contributed by atoms with Gasteiger partial charge in [0.15, 0.2) is 0 Å². The molecule has 136 valence electrons. The van der Waals surface area contributed by atoms with Crippen LogP contribution in [0.3, 0.4) is 0 Å². The monoisotopic (exact) mass is 358 g/mol. The van der Waals surface area contributed by atoms with Crippen molar-refractivity contribution in [1.82, 2.24) is 5.43 Å². The summed E-state index contributed by atoms with van der Waals surface area (Å²) in [5.74, 6) is 0.229. The van der Waals surface area contributed by atoms with Crippen LogP contribution < -0.4 is 10.2 Å². The molecule has 0 heterocycles. The molecule has 0 saturated heterocycles. The van der Waals surface area contributed by atoms with E-state index in [0.29, 0.717) is 17.9 Å². The highest BCUT2D eigenvalue weighted by Crippen LogP contribution is 2.19. The largest absolute Gasteiger partial charge is 0.488 e. The van der Waals surface area contributed by atoms with Crippen molar-refractivity contribution in [2.45, 2.75) is 20.5 Å². The minimum Gasteiger partial charge on any atom is -0.488 e. The number of para-hydroxylation sites is 1. The first-order chi connectivity index (χ1) is 13.1. The molecule has 4 nitrogen and oxygen atoms in total. The average molecular weight is 358 g/mol. The third-order valence-corrected chi connectivity index (χ3v) is 4.16. The Labute approximate surface area is 159 Å². The van der Waals surface area contributed by atoms with Gasteiger partial charge in [0.25, 0.3) is 5.91 Å². The zero-order valence-corrected chi connectivity index (χ0v) is 15.5. The van der Waals surface area contributed by atoms with E-state index in [9.17, 15) is 4.79 Å². The summed E-state index contributed by atoms with van der Waals surface area (Å²) >= 11 is 0. The number of rotatable bonds is 6. The molecule has 0 aliphatic rings. The molecular formula is C23H22N2O2. The number of carbonyl (C=O) groups is 1. The number of aryl methyl sites for hydroxylation is 1. The second kappa shape index (κ2) is 8.81. The third kappa shape index (κ3) is 5.05. The first-order valence-corrected chi connectivity index (χ1v) is 8.81. The number of hydrogen-bond donors (Lipinski definition) is 1. The van der Waals surface area contributed by atoms with Crippen LogP contribution in [0, 0.1) is 6.92 Å². The summed E-state index contributed by atoms with van der Waals surface area (Å²) in [5.41, 5.74) is 7.00. The van der Waals surface area contributed by atoms with Crippen molar-refractivity contribution in [2.75, 3.05) is 0 Å². The smallest absolute Gasteiger partial charge is 0.275 e. The number of benzene rings is 3. The van der Waals surface area contributed by atoms with Crippen LogP contribution in [0.4, 0.5) is 0 Å². The maximum absolute atomic E-state index is 12.6. The van der Waals surface area contributed by atoms with Gasteiger partial charge in [-0.15, -0.1) is 0 Å². The molecule has 3 rings (SSSR count). The number of amides is 1. The molecule has 0 radical (unpaired) electrons. The van der Waals surface area contributed by atoms with Gasteiger partial charge < -0.3 is 4.74 Å². The Morgan fingerprint density at radius 1 is 0.926 bits per heavy atom. The Hall–Kier alpha value is -3.40. The molecule has 1 N–H and O–H groups in total. The Morgan fingerprint density at radius 2 is 1.59 bits per heavy atom. The van der Waals surface area contributed by atoms with E-state index in [1.54, 1.807) is 18.2 Å². The first-order valence-electron chi connectivity index (χ1n) is 8.81. The van der Waals surface area contributed by atoms with Gasteiger partial charge in [0.1, 0.15) is 12.4 Å². The van der Waals surface area contributed by atoms with E-state index in [0.717, 1.165) is 16.8 Å². The van der Waals surface area contributed by atoms with Crippen LogP contribution in [0.5, 0.6) is 5.75 Å². The zero-order valence-electron chi connectivity index (χ0n) is 15.5. The molecule has 0 atom stereocenters. The average Bonchev–Trinajstić information content (AvgIpc) is 2.71. The molecule has 4 heteroatoms. The topological polar surface area (TPSA) is 50.7 Å². The van der Waals surface area contributed by atoms with E-state index < -0.39 is 0 Å². The lowest BCUT2D eigenvalue weighted by Crippen LogP contribution is -2.20. The summed E-state index contributed by atoms with van der Waals surface area (Å²) in [6.07, 6.45) is 0. The molecule has 0 bridgehead atoms. The second-order valence-electron chi connectivity index (χ2n) is 6.27. The van der Waals surface area contributed by atoms with E-state index in [-0.39, 0.29) is 5.91 Å². The van der Waals surface area contributed by atoms with Gasteiger partial charge in [-0.1, -0.05) is 72.3 Å². The molecular weight excluding hydrogens is 336 g/mol. The molecule has 0 fully saturated rings. The molecule has 0 aromatic heterocycles. The van der Waals surface area contributed by atoms with Gasteiger partial charge >= 0.3 is 0 Å². The fraction of sp³-hybridized carbons (Fsp3) is 0.130. The number of ether oxygens (including phenoxy) is 1. The van der Waals surface area contributed by atoms with Gasteiger partial charge in [-0.05, 0) is 37.1 Å². The maximum Gasteiger partial charge on any atom is 0.275 e. The molecule has 0 saturated carbocycles. The van der Waals surface area contributed by atoms with Gasteiger partial charge in [-0.3, -0.25) is 4.79 Å². The fourth-order valence-electron chi connectivity index (χ4n) is 2.57. The highest BCUT2D eigenvalue weighted by atomic mass is 16.5. The van der Waals surface area contributed by atoms with Crippen molar-refractivity contribution in [2.24, 2.45) is 5.10 Å². The zero-order chi connectivity index (χ0) is 19.1. The molecule has 1 amide bonds. The predicted octanol–water partition coefficient (Wildman–Crippen LogP) is 4.73. The standard InChI is InChI=1S/C23H22N2O2/c1-17-12-14-20(15-13-17)18(2)24-25-23(26)21-10-6-7-11-22(21)27-16-19-8-4-3-5-9-19/h3-15H,16H2,1-2H3,(H,25,26)/b24-18+. The predicted molar refractivity (Wildman–Crippen MR) is 108 cm³/mol. The normalized spacial score (nSPS) is 11.1. The van der Waals surface area contributed by atoms with Crippen molar-refractivity contribution in [3.8, 4) is 5.75 Å². The fourth-order valence-corrected chi connectivity index (χ4v) is 2.57. The Balaban J connectivity index is 1.69. The highest BCUT2D eigenvalue weighted by molar-refractivity contribution is 6.01. The van der Waals surface area contributed by atoms with Crippen LogP contribution in [0.1, 0.15) is 34.0 Å². The van der Waals surface area contributed by atoms with E-state index >= 15 is 0 Å². The van der Waals surface area contributed by atoms with Gasteiger partial charge in [-0.25, -0.2) is 5.43 Å². The lowest BCUT2D eigenvalue weighted by atomic mass is 10.1.